The zero-order valence-corrected chi connectivity index (χ0v) is 12.5. The van der Waals surface area contributed by atoms with Gasteiger partial charge in [-0.1, -0.05) is 0 Å². The summed E-state index contributed by atoms with van der Waals surface area (Å²) in [6, 6.07) is 1.96. The summed E-state index contributed by atoms with van der Waals surface area (Å²) in [6.07, 6.45) is -4.93. The first-order chi connectivity index (χ1) is 11.6. The van der Waals surface area contributed by atoms with Crippen molar-refractivity contribution in [1.82, 2.24) is 9.13 Å². The average molecular weight is 359 g/mol. The molecule has 7 nitrogen and oxygen atoms in total. The van der Waals surface area contributed by atoms with E-state index in [1.165, 1.54) is 0 Å². The van der Waals surface area contributed by atoms with E-state index in [1.54, 1.807) is 0 Å². The smallest absolute Gasteiger partial charge is 0.431 e. The van der Waals surface area contributed by atoms with Crippen molar-refractivity contribution < 1.29 is 27.1 Å². The number of hydrogen-bond acceptors (Lipinski definition) is 4. The molecule has 2 heterocycles. The van der Waals surface area contributed by atoms with Crippen molar-refractivity contribution >= 4 is 11.6 Å². The second-order valence-corrected chi connectivity index (χ2v) is 5.18. The van der Waals surface area contributed by atoms with Crippen LogP contribution in [0.25, 0.3) is 5.69 Å². The molecule has 11 heteroatoms. The maximum absolute atomic E-state index is 14.3. The topological polar surface area (TPSA) is 82.3 Å². The van der Waals surface area contributed by atoms with Gasteiger partial charge >= 0.3 is 11.9 Å². The number of halogens is 4. The van der Waals surface area contributed by atoms with Crippen LogP contribution in [0.5, 0.6) is 5.75 Å². The first kappa shape index (κ1) is 16.7. The second kappa shape index (κ2) is 5.46. The lowest BCUT2D eigenvalue weighted by atomic mass is 10.2. The molecule has 0 saturated heterocycles. The molecule has 1 aromatic carbocycles. The normalized spacial score (nSPS) is 13.9. The predicted octanol–water partition coefficient (Wildman–Crippen LogP) is 1.02. The highest BCUT2D eigenvalue weighted by molar-refractivity contribution is 5.95. The number of carbonyl (C=O) groups is 1. The summed E-state index contributed by atoms with van der Waals surface area (Å²) in [7, 11) is 0.808. The summed E-state index contributed by atoms with van der Waals surface area (Å²) in [6.45, 7) is -0.340. The fourth-order valence-electron chi connectivity index (χ4n) is 2.38. The van der Waals surface area contributed by atoms with Crippen molar-refractivity contribution in [2.75, 3.05) is 11.9 Å². The van der Waals surface area contributed by atoms with E-state index < -0.39 is 40.5 Å². The summed E-state index contributed by atoms with van der Waals surface area (Å²) in [5.41, 5.74) is -4.84. The van der Waals surface area contributed by atoms with Crippen LogP contribution in [0.1, 0.15) is 5.69 Å². The molecule has 0 radical (unpaired) electrons. The van der Waals surface area contributed by atoms with Crippen molar-refractivity contribution in [3.05, 3.63) is 50.5 Å². The number of anilines is 1. The molecule has 1 N–H and O–H groups in total. The van der Waals surface area contributed by atoms with Crippen molar-refractivity contribution in [3.63, 3.8) is 0 Å². The van der Waals surface area contributed by atoms with E-state index >= 15 is 0 Å². The van der Waals surface area contributed by atoms with E-state index in [9.17, 15) is 31.9 Å². The van der Waals surface area contributed by atoms with Gasteiger partial charge in [-0.05, 0) is 6.07 Å². The minimum Gasteiger partial charge on any atom is -0.481 e. The predicted molar refractivity (Wildman–Crippen MR) is 76.4 cm³/mol. The minimum absolute atomic E-state index is 0.0125. The largest absolute Gasteiger partial charge is 0.481 e. The van der Waals surface area contributed by atoms with E-state index in [0.29, 0.717) is 0 Å². The fraction of sp³-hybridized carbons (Fsp3) is 0.214. The molecule has 0 unspecified atom stereocenters. The lowest BCUT2D eigenvalue weighted by Crippen LogP contribution is -2.41. The van der Waals surface area contributed by atoms with Crippen LogP contribution in [-0.4, -0.2) is 21.6 Å². The van der Waals surface area contributed by atoms with Crippen LogP contribution in [-0.2, 0) is 18.0 Å². The van der Waals surface area contributed by atoms with Crippen molar-refractivity contribution in [3.8, 4) is 11.4 Å². The maximum atomic E-state index is 14.3. The van der Waals surface area contributed by atoms with Crippen molar-refractivity contribution in [2.24, 2.45) is 7.05 Å². The van der Waals surface area contributed by atoms with Crippen LogP contribution < -0.4 is 21.3 Å². The summed E-state index contributed by atoms with van der Waals surface area (Å²) in [5.74, 6) is -1.65. The fourth-order valence-corrected chi connectivity index (χ4v) is 2.38. The van der Waals surface area contributed by atoms with Gasteiger partial charge in [-0.15, -0.1) is 0 Å². The molecule has 3 rings (SSSR count). The monoisotopic (exact) mass is 359 g/mol. The number of nitrogens with one attached hydrogen (secondary N) is 1. The molecule has 1 aromatic heterocycles. The van der Waals surface area contributed by atoms with E-state index in [1.807, 2.05) is 0 Å². The number of nitrogens with zero attached hydrogens (tertiary/aromatic N) is 2. The highest BCUT2D eigenvalue weighted by atomic mass is 19.4. The van der Waals surface area contributed by atoms with Crippen molar-refractivity contribution in [1.29, 1.82) is 0 Å². The molecule has 1 amide bonds. The number of hydrogen-bond donors (Lipinski definition) is 1. The molecular weight excluding hydrogens is 350 g/mol. The summed E-state index contributed by atoms with van der Waals surface area (Å²) >= 11 is 0. The quantitative estimate of drug-likeness (QED) is 0.771. The van der Waals surface area contributed by atoms with Crippen LogP contribution in [0.4, 0.5) is 23.2 Å². The van der Waals surface area contributed by atoms with Gasteiger partial charge in [-0.3, -0.25) is 14.2 Å². The molecule has 1 aliphatic heterocycles. The molecule has 0 aliphatic carbocycles. The molecule has 1 aliphatic rings. The molecule has 0 bridgehead atoms. The van der Waals surface area contributed by atoms with Crippen LogP contribution in [0.3, 0.4) is 0 Å². The lowest BCUT2D eigenvalue weighted by Gasteiger charge is -2.20. The van der Waals surface area contributed by atoms with E-state index in [-0.39, 0.29) is 33.2 Å². The Bertz CT molecular complexity index is 1010. The molecule has 0 saturated carbocycles. The molecule has 2 aromatic rings. The van der Waals surface area contributed by atoms with Crippen LogP contribution >= 0.6 is 0 Å². The van der Waals surface area contributed by atoms with Gasteiger partial charge in [0, 0.05) is 19.2 Å². The van der Waals surface area contributed by atoms with Gasteiger partial charge in [0.05, 0.1) is 11.4 Å². The summed E-state index contributed by atoms with van der Waals surface area (Å²) < 4.78 is 58.2. The number of carbonyl (C=O) groups excluding carboxylic acids is 1. The lowest BCUT2D eigenvalue weighted by molar-refractivity contribution is -0.144. The van der Waals surface area contributed by atoms with E-state index in [0.717, 1.165) is 19.2 Å². The highest BCUT2D eigenvalue weighted by Gasteiger charge is 2.35. The highest BCUT2D eigenvalue weighted by Crippen LogP contribution is 2.32. The van der Waals surface area contributed by atoms with Gasteiger partial charge in [0.15, 0.2) is 12.4 Å². The number of amides is 1. The molecular formula is C14H9F4N3O4. The number of benzene rings is 1. The number of rotatable bonds is 1. The van der Waals surface area contributed by atoms with Crippen LogP contribution in [0, 0.1) is 5.82 Å². The third-order valence-corrected chi connectivity index (χ3v) is 3.53. The Hall–Kier alpha value is -3.11. The summed E-state index contributed by atoms with van der Waals surface area (Å²) in [4.78, 5) is 35.5. The molecule has 25 heavy (non-hydrogen) atoms. The second-order valence-electron chi connectivity index (χ2n) is 5.18. The number of ether oxygens (including phenoxy) is 1. The Morgan fingerprint density at radius 2 is 1.84 bits per heavy atom. The molecule has 0 spiro atoms. The Balaban J connectivity index is 2.26. The number of aromatic nitrogens is 2. The van der Waals surface area contributed by atoms with E-state index in [4.69, 9.17) is 4.74 Å². The number of alkyl halides is 3. The molecule has 0 fully saturated rings. The van der Waals surface area contributed by atoms with Gasteiger partial charge < -0.3 is 10.1 Å². The zero-order valence-electron chi connectivity index (χ0n) is 12.5. The Morgan fingerprint density at radius 1 is 1.16 bits per heavy atom. The van der Waals surface area contributed by atoms with Crippen LogP contribution in [0.15, 0.2) is 27.8 Å². The Morgan fingerprint density at radius 3 is 2.48 bits per heavy atom. The molecule has 0 atom stereocenters. The first-order valence-electron chi connectivity index (χ1n) is 6.76. The molecule has 132 valence electrons. The number of fused-ring (bicyclic) bond motifs is 1. The van der Waals surface area contributed by atoms with Gasteiger partial charge in [0.2, 0.25) is 0 Å². The average Bonchev–Trinajstić information content (AvgIpc) is 2.50. The van der Waals surface area contributed by atoms with Crippen molar-refractivity contribution in [2.45, 2.75) is 6.18 Å². The Kier molecular flexibility index (Phi) is 3.66. The minimum atomic E-state index is -4.93. The summed E-state index contributed by atoms with van der Waals surface area (Å²) in [5, 5.41) is 2.35. The SMILES string of the molecule is Cn1c(C(F)(F)F)cc(=O)n(-c2cc3c(cc2F)OCC(=O)N3)c1=O. The van der Waals surface area contributed by atoms with Gasteiger partial charge in [-0.25, -0.2) is 13.8 Å². The zero-order chi connectivity index (χ0) is 18.5. The Labute approximate surface area is 136 Å². The third kappa shape index (κ3) is 2.77. The van der Waals surface area contributed by atoms with Gasteiger partial charge in [0.1, 0.15) is 11.4 Å². The third-order valence-electron chi connectivity index (χ3n) is 3.53. The van der Waals surface area contributed by atoms with E-state index in [2.05, 4.69) is 5.32 Å². The standard InChI is InChI=1S/C14H9F4N3O4/c1-20-10(14(16,17)18)4-12(23)21(13(20)24)8-3-7-9(2-6(8)15)25-5-11(22)19-7/h2-4H,5H2,1H3,(H,19,22). The van der Waals surface area contributed by atoms with Crippen LogP contribution in [0.2, 0.25) is 0 Å². The van der Waals surface area contributed by atoms with Gasteiger partial charge in [-0.2, -0.15) is 13.2 Å². The first-order valence-corrected chi connectivity index (χ1v) is 6.76. The maximum Gasteiger partial charge on any atom is 0.431 e. The van der Waals surface area contributed by atoms with Gasteiger partial charge in [0.25, 0.3) is 11.5 Å².